The first-order chi connectivity index (χ1) is 19.5. The number of halogens is 3. The third-order valence-corrected chi connectivity index (χ3v) is 6.71. The molecule has 0 bridgehead atoms. The topological polar surface area (TPSA) is 142 Å². The number of hydrogen-bond donors (Lipinski definition) is 1. The van der Waals surface area contributed by atoms with Crippen molar-refractivity contribution in [3.8, 4) is 11.8 Å². The molecular formula is C27H21Cl3N8O3. The lowest BCUT2D eigenvalue weighted by molar-refractivity contribution is -0.384. The second-order valence-electron chi connectivity index (χ2n) is 8.63. The molecule has 0 aliphatic heterocycles. The van der Waals surface area contributed by atoms with E-state index >= 15 is 0 Å². The van der Waals surface area contributed by atoms with Crippen LogP contribution >= 0.6 is 34.8 Å². The highest BCUT2D eigenvalue weighted by Crippen LogP contribution is 2.39. The highest BCUT2D eigenvalue weighted by Gasteiger charge is 2.23. The molecule has 41 heavy (non-hydrogen) atoms. The molecule has 4 rings (SSSR count). The number of hydrogen-bond acceptors (Lipinski definition) is 8. The first kappa shape index (κ1) is 29.5. The van der Waals surface area contributed by atoms with Crippen molar-refractivity contribution >= 4 is 75.0 Å². The maximum atomic E-state index is 12.0. The minimum Gasteiger partial charge on any atom is -0.342 e. The van der Waals surface area contributed by atoms with Gasteiger partial charge in [0.05, 0.1) is 26.3 Å². The number of aryl methyl sites for hydroxylation is 1. The summed E-state index contributed by atoms with van der Waals surface area (Å²) in [5.74, 6) is -0.326. The van der Waals surface area contributed by atoms with E-state index in [4.69, 9.17) is 34.8 Å². The number of rotatable bonds is 8. The lowest BCUT2D eigenvalue weighted by atomic mass is 10.2. The Balaban J connectivity index is 1.81. The van der Waals surface area contributed by atoms with Crippen molar-refractivity contribution in [2.75, 3.05) is 16.8 Å². The quantitative estimate of drug-likeness (QED) is 0.120. The third-order valence-electron chi connectivity index (χ3n) is 5.88. The molecule has 0 atom stereocenters. The van der Waals surface area contributed by atoms with Crippen LogP contribution in [0.2, 0.25) is 15.1 Å². The highest BCUT2D eigenvalue weighted by molar-refractivity contribution is 6.38. The summed E-state index contributed by atoms with van der Waals surface area (Å²) in [4.78, 5) is 24.7. The zero-order chi connectivity index (χ0) is 29.8. The molecule has 14 heteroatoms. The Hall–Kier alpha value is -4.50. The van der Waals surface area contributed by atoms with Gasteiger partial charge in [-0.25, -0.2) is 4.68 Å². The van der Waals surface area contributed by atoms with Crippen molar-refractivity contribution in [3.63, 3.8) is 0 Å². The fourth-order valence-corrected chi connectivity index (χ4v) is 4.82. The molecule has 1 heterocycles. The van der Waals surface area contributed by atoms with Gasteiger partial charge < -0.3 is 10.2 Å². The summed E-state index contributed by atoms with van der Waals surface area (Å²) in [5, 5.41) is 37.2. The van der Waals surface area contributed by atoms with E-state index < -0.39 is 4.92 Å². The van der Waals surface area contributed by atoms with Crippen LogP contribution in [-0.2, 0) is 4.79 Å². The molecule has 1 N–H and O–H groups in total. The molecule has 0 radical (unpaired) electrons. The van der Waals surface area contributed by atoms with Gasteiger partial charge >= 0.3 is 0 Å². The SMILES string of the molecule is CCN(c1ccc(Cl)cc1)c1ccc(N=Nc2c(C#N)c(C)nn2-c2c(Cl)cc([N+](=O)[O-])cc2Cl)c(NC(C)=O)c1. The van der Waals surface area contributed by atoms with E-state index in [2.05, 4.69) is 20.6 Å². The number of nitrogens with one attached hydrogen (secondary N) is 1. The molecular weight excluding hydrogens is 591 g/mol. The number of nitrogens with zero attached hydrogens (tertiary/aromatic N) is 7. The van der Waals surface area contributed by atoms with Gasteiger partial charge in [-0.3, -0.25) is 14.9 Å². The van der Waals surface area contributed by atoms with E-state index in [1.807, 2.05) is 36.1 Å². The third kappa shape index (κ3) is 6.30. The van der Waals surface area contributed by atoms with Crippen molar-refractivity contribution < 1.29 is 9.72 Å². The van der Waals surface area contributed by atoms with Crippen molar-refractivity contribution in [2.45, 2.75) is 20.8 Å². The van der Waals surface area contributed by atoms with Gasteiger partial charge in [-0.1, -0.05) is 34.8 Å². The molecule has 0 aliphatic carbocycles. The maximum absolute atomic E-state index is 12.0. The number of nitro groups is 1. The molecule has 0 spiro atoms. The smallest absolute Gasteiger partial charge is 0.272 e. The van der Waals surface area contributed by atoms with E-state index in [0.29, 0.717) is 28.6 Å². The van der Waals surface area contributed by atoms with E-state index in [9.17, 15) is 20.2 Å². The second-order valence-corrected chi connectivity index (χ2v) is 9.88. The molecule has 0 saturated heterocycles. The predicted octanol–water partition coefficient (Wildman–Crippen LogP) is 8.45. The number of benzene rings is 3. The minimum atomic E-state index is -0.628. The van der Waals surface area contributed by atoms with Crippen LogP contribution in [0.5, 0.6) is 0 Å². The number of carbonyl (C=O) groups excluding carboxylic acids is 1. The van der Waals surface area contributed by atoms with Gasteiger partial charge in [0.25, 0.3) is 5.69 Å². The van der Waals surface area contributed by atoms with Crippen molar-refractivity contribution in [2.24, 2.45) is 10.2 Å². The van der Waals surface area contributed by atoms with E-state index in [-0.39, 0.29) is 38.7 Å². The molecule has 208 valence electrons. The molecule has 0 saturated carbocycles. The zero-order valence-corrected chi connectivity index (χ0v) is 24.2. The molecule has 1 amide bonds. The van der Waals surface area contributed by atoms with Gasteiger partial charge in [-0.2, -0.15) is 10.4 Å². The van der Waals surface area contributed by atoms with Crippen molar-refractivity contribution in [3.05, 3.63) is 91.0 Å². The number of azo groups is 1. The van der Waals surface area contributed by atoms with Crippen LogP contribution < -0.4 is 10.2 Å². The van der Waals surface area contributed by atoms with Crippen LogP contribution in [-0.4, -0.2) is 27.2 Å². The number of non-ortho nitro benzene ring substituents is 1. The largest absolute Gasteiger partial charge is 0.342 e. The molecule has 1 aromatic heterocycles. The van der Waals surface area contributed by atoms with Crippen molar-refractivity contribution in [1.82, 2.24) is 9.78 Å². The standard InChI is InChI=1S/C27H21Cl3N8O3/c1-4-36(18-7-5-17(28)6-8-18)19-9-10-24(25(13-19)32-16(3)39)33-34-27-21(14-31)15(2)35-37(27)26-22(29)11-20(38(40)41)12-23(26)30/h5-13H,4H2,1-3H3,(H,32,39). The average Bonchev–Trinajstić information content (AvgIpc) is 3.23. The summed E-state index contributed by atoms with van der Waals surface area (Å²) < 4.78 is 1.21. The Kier molecular flexibility index (Phi) is 8.88. The maximum Gasteiger partial charge on any atom is 0.272 e. The highest BCUT2D eigenvalue weighted by atomic mass is 35.5. The van der Waals surface area contributed by atoms with Crippen LogP contribution in [0.25, 0.3) is 5.69 Å². The summed E-state index contributed by atoms with van der Waals surface area (Å²) in [7, 11) is 0. The fraction of sp³-hybridized carbons (Fsp3) is 0.148. The Morgan fingerprint density at radius 2 is 1.73 bits per heavy atom. The number of carbonyl (C=O) groups is 1. The first-order valence-electron chi connectivity index (χ1n) is 12.0. The first-order valence-corrected chi connectivity index (χ1v) is 13.2. The summed E-state index contributed by atoms with van der Waals surface area (Å²) in [5.41, 5.74) is 2.54. The molecule has 0 fully saturated rings. The molecule has 3 aromatic carbocycles. The average molecular weight is 612 g/mol. The Morgan fingerprint density at radius 1 is 1.10 bits per heavy atom. The molecule has 0 aliphatic rings. The normalized spacial score (nSPS) is 11.0. The molecule has 4 aromatic rings. The predicted molar refractivity (Wildman–Crippen MR) is 159 cm³/mol. The van der Waals surface area contributed by atoms with Gasteiger partial charge in [-0.05, 0) is 56.3 Å². The fourth-order valence-electron chi connectivity index (χ4n) is 4.06. The monoisotopic (exact) mass is 610 g/mol. The summed E-state index contributed by atoms with van der Waals surface area (Å²) in [6.07, 6.45) is 0. The number of nitro benzene ring substituents is 1. The summed E-state index contributed by atoms with van der Waals surface area (Å²) >= 11 is 18.7. The van der Waals surface area contributed by atoms with E-state index in [0.717, 1.165) is 23.5 Å². The number of nitriles is 1. The number of anilines is 3. The lowest BCUT2D eigenvalue weighted by Gasteiger charge is -2.24. The second kappa shape index (κ2) is 12.3. The molecule has 0 unspecified atom stereocenters. The number of amides is 1. The van der Waals surface area contributed by atoms with E-state index in [1.165, 1.54) is 11.6 Å². The van der Waals surface area contributed by atoms with Crippen molar-refractivity contribution in [1.29, 1.82) is 5.26 Å². The van der Waals surface area contributed by atoms with Gasteiger partial charge in [0.2, 0.25) is 5.91 Å². The van der Waals surface area contributed by atoms with Gasteiger partial charge in [-0.15, -0.1) is 10.2 Å². The molecule has 11 nitrogen and oxygen atoms in total. The Morgan fingerprint density at radius 3 is 2.29 bits per heavy atom. The van der Waals surface area contributed by atoms with Crippen LogP contribution in [0.1, 0.15) is 25.1 Å². The van der Waals surface area contributed by atoms with Gasteiger partial charge in [0, 0.05) is 42.0 Å². The Labute approximate surface area is 249 Å². The zero-order valence-electron chi connectivity index (χ0n) is 21.9. The van der Waals surface area contributed by atoms with Gasteiger partial charge in [0.1, 0.15) is 23.0 Å². The van der Waals surface area contributed by atoms with Crippen LogP contribution in [0.15, 0.2) is 64.8 Å². The summed E-state index contributed by atoms with van der Waals surface area (Å²) in [6.45, 7) is 5.58. The number of aromatic nitrogens is 2. The lowest BCUT2D eigenvalue weighted by Crippen LogP contribution is -2.16. The minimum absolute atomic E-state index is 0.00291. The van der Waals surface area contributed by atoms with Crippen LogP contribution in [0.3, 0.4) is 0 Å². The van der Waals surface area contributed by atoms with Crippen LogP contribution in [0.4, 0.5) is 34.3 Å². The van der Waals surface area contributed by atoms with Crippen LogP contribution in [0, 0.1) is 28.4 Å². The van der Waals surface area contributed by atoms with Gasteiger partial charge in [0.15, 0.2) is 5.82 Å². The Bertz CT molecular complexity index is 1710. The van der Waals surface area contributed by atoms with E-state index in [1.54, 1.807) is 31.2 Å². The summed E-state index contributed by atoms with van der Waals surface area (Å²) in [6, 6.07) is 16.9.